The van der Waals surface area contributed by atoms with E-state index in [1.54, 1.807) is 0 Å². The molecule has 0 spiro atoms. The molecule has 106 valence electrons. The monoisotopic (exact) mass is 328 g/mol. The Morgan fingerprint density at radius 2 is 2.21 bits per heavy atom. The molecule has 1 aliphatic heterocycles. The molecule has 1 aromatic heterocycles. The fourth-order valence-corrected chi connectivity index (χ4v) is 3.18. The van der Waals surface area contributed by atoms with Crippen LogP contribution >= 0.6 is 15.9 Å². The quantitative estimate of drug-likeness (QED) is 0.910. The summed E-state index contributed by atoms with van der Waals surface area (Å²) in [6.45, 7) is 6.37. The second-order valence-corrected chi connectivity index (χ2v) is 5.65. The maximum Gasteiger partial charge on any atom is 0.240 e. The summed E-state index contributed by atoms with van der Waals surface area (Å²) >= 11 is 3.60. The fraction of sp³-hybridized carbons (Fsp3) is 0.692. The summed E-state index contributed by atoms with van der Waals surface area (Å²) in [5.74, 6) is 0.194. The van der Waals surface area contributed by atoms with Crippen LogP contribution in [0.1, 0.15) is 31.7 Å². The van der Waals surface area contributed by atoms with E-state index < -0.39 is 0 Å². The first-order valence-corrected chi connectivity index (χ1v) is 7.60. The molecule has 1 aromatic rings. The van der Waals surface area contributed by atoms with E-state index in [0.29, 0.717) is 6.54 Å². The van der Waals surface area contributed by atoms with Gasteiger partial charge < -0.3 is 10.2 Å². The average Bonchev–Trinajstić information content (AvgIpc) is 2.68. The Balaban J connectivity index is 2.17. The lowest BCUT2D eigenvalue weighted by Gasteiger charge is -2.32. The van der Waals surface area contributed by atoms with Gasteiger partial charge in [-0.3, -0.25) is 9.48 Å². The molecular formula is C13H21BrN4O. The number of amides is 1. The zero-order chi connectivity index (χ0) is 14.0. The van der Waals surface area contributed by atoms with Crippen LogP contribution in [0.4, 0.5) is 0 Å². The van der Waals surface area contributed by atoms with E-state index in [9.17, 15) is 4.79 Å². The smallest absolute Gasteiger partial charge is 0.240 e. The van der Waals surface area contributed by atoms with E-state index in [1.807, 2.05) is 23.6 Å². The standard InChI is InChI=1S/C13H21BrN4O/c1-4-9-12(14)11(17(3)16-9)8-18-7-6-15-10(5-2)13(18)19/h10,15H,4-8H2,1-3H3. The molecule has 1 unspecified atom stereocenters. The van der Waals surface area contributed by atoms with Gasteiger partial charge in [0.15, 0.2) is 0 Å². The zero-order valence-electron chi connectivity index (χ0n) is 11.7. The average molecular weight is 329 g/mol. The number of halogens is 1. The molecular weight excluding hydrogens is 308 g/mol. The van der Waals surface area contributed by atoms with Crippen molar-refractivity contribution in [1.29, 1.82) is 0 Å². The van der Waals surface area contributed by atoms with E-state index >= 15 is 0 Å². The number of hydrogen-bond acceptors (Lipinski definition) is 3. The minimum atomic E-state index is -0.0357. The van der Waals surface area contributed by atoms with Crippen molar-refractivity contribution in [3.63, 3.8) is 0 Å². The number of carbonyl (C=O) groups excluding carboxylic acids is 1. The van der Waals surface area contributed by atoms with Gasteiger partial charge in [-0.1, -0.05) is 13.8 Å². The van der Waals surface area contributed by atoms with Crippen LogP contribution in [0.2, 0.25) is 0 Å². The molecule has 19 heavy (non-hydrogen) atoms. The molecule has 1 atom stereocenters. The number of aromatic nitrogens is 2. The van der Waals surface area contributed by atoms with Crippen molar-refractivity contribution in [3.8, 4) is 0 Å². The number of nitrogens with one attached hydrogen (secondary N) is 1. The Hall–Kier alpha value is -0.880. The molecule has 0 saturated carbocycles. The lowest BCUT2D eigenvalue weighted by atomic mass is 10.1. The maximum absolute atomic E-state index is 12.3. The SMILES string of the molecule is CCc1nn(C)c(CN2CCNC(CC)C2=O)c1Br. The van der Waals surface area contributed by atoms with E-state index in [-0.39, 0.29) is 11.9 Å². The van der Waals surface area contributed by atoms with Gasteiger partial charge in [-0.25, -0.2) is 0 Å². The van der Waals surface area contributed by atoms with E-state index in [0.717, 1.165) is 41.8 Å². The molecule has 2 heterocycles. The van der Waals surface area contributed by atoms with E-state index in [2.05, 4.69) is 33.3 Å². The summed E-state index contributed by atoms with van der Waals surface area (Å²) in [7, 11) is 1.93. The maximum atomic E-state index is 12.3. The molecule has 1 saturated heterocycles. The predicted molar refractivity (Wildman–Crippen MR) is 77.8 cm³/mol. The molecule has 2 rings (SSSR count). The highest BCUT2D eigenvalue weighted by Gasteiger charge is 2.28. The Morgan fingerprint density at radius 3 is 2.79 bits per heavy atom. The summed E-state index contributed by atoms with van der Waals surface area (Å²) in [6, 6.07) is -0.0357. The predicted octanol–water partition coefficient (Wildman–Crippen LogP) is 1.46. The molecule has 1 aliphatic rings. The number of rotatable bonds is 4. The molecule has 0 radical (unpaired) electrons. The van der Waals surface area contributed by atoms with Crippen LogP contribution in [-0.2, 0) is 24.8 Å². The normalized spacial score (nSPS) is 20.1. The van der Waals surface area contributed by atoms with E-state index in [4.69, 9.17) is 0 Å². The van der Waals surface area contributed by atoms with Crippen LogP contribution in [0.3, 0.4) is 0 Å². The Morgan fingerprint density at radius 1 is 1.47 bits per heavy atom. The first-order chi connectivity index (χ1) is 9.08. The Kier molecular flexibility index (Phi) is 4.62. The van der Waals surface area contributed by atoms with Gasteiger partial charge in [0.1, 0.15) is 0 Å². The van der Waals surface area contributed by atoms with E-state index in [1.165, 1.54) is 0 Å². The van der Waals surface area contributed by atoms with Gasteiger partial charge in [0, 0.05) is 20.1 Å². The fourth-order valence-electron chi connectivity index (χ4n) is 2.44. The molecule has 0 aromatic carbocycles. The molecule has 1 N–H and O–H groups in total. The minimum Gasteiger partial charge on any atom is -0.334 e. The highest BCUT2D eigenvalue weighted by Crippen LogP contribution is 2.23. The minimum absolute atomic E-state index is 0.0357. The first-order valence-electron chi connectivity index (χ1n) is 6.80. The van der Waals surface area contributed by atoms with Gasteiger partial charge in [-0.2, -0.15) is 5.10 Å². The van der Waals surface area contributed by atoms with Crippen molar-refractivity contribution in [3.05, 3.63) is 15.9 Å². The number of nitrogens with zero attached hydrogens (tertiary/aromatic N) is 3. The third-order valence-electron chi connectivity index (χ3n) is 3.63. The third-order valence-corrected chi connectivity index (χ3v) is 4.55. The van der Waals surface area contributed by atoms with Gasteiger partial charge in [0.2, 0.25) is 5.91 Å². The number of hydrogen-bond donors (Lipinski definition) is 1. The second-order valence-electron chi connectivity index (χ2n) is 4.86. The van der Waals surface area contributed by atoms with Crippen LogP contribution in [0.15, 0.2) is 4.47 Å². The highest BCUT2D eigenvalue weighted by molar-refractivity contribution is 9.10. The Bertz CT molecular complexity index is 471. The number of piperazine rings is 1. The number of carbonyl (C=O) groups is 1. The van der Waals surface area contributed by atoms with Crippen LogP contribution in [0.5, 0.6) is 0 Å². The van der Waals surface area contributed by atoms with Crippen molar-refractivity contribution in [2.75, 3.05) is 13.1 Å². The second kappa shape index (κ2) is 6.05. The van der Waals surface area contributed by atoms with Gasteiger partial charge in [0.05, 0.1) is 28.4 Å². The summed E-state index contributed by atoms with van der Waals surface area (Å²) < 4.78 is 2.91. The summed E-state index contributed by atoms with van der Waals surface area (Å²) in [4.78, 5) is 14.2. The van der Waals surface area contributed by atoms with Crippen LogP contribution in [-0.4, -0.2) is 39.7 Å². The van der Waals surface area contributed by atoms with Crippen molar-refractivity contribution in [2.45, 2.75) is 39.3 Å². The van der Waals surface area contributed by atoms with Crippen molar-refractivity contribution >= 4 is 21.8 Å². The summed E-state index contributed by atoms with van der Waals surface area (Å²) in [5.41, 5.74) is 2.12. The Labute approximate surface area is 122 Å². The largest absolute Gasteiger partial charge is 0.334 e. The van der Waals surface area contributed by atoms with Crippen molar-refractivity contribution < 1.29 is 4.79 Å². The molecule has 1 amide bonds. The summed E-state index contributed by atoms with van der Waals surface area (Å²) in [5, 5.41) is 7.73. The molecule has 0 bridgehead atoms. The lowest BCUT2D eigenvalue weighted by molar-refractivity contribution is -0.136. The molecule has 0 aliphatic carbocycles. The lowest BCUT2D eigenvalue weighted by Crippen LogP contribution is -2.54. The third kappa shape index (κ3) is 2.84. The van der Waals surface area contributed by atoms with Gasteiger partial charge >= 0.3 is 0 Å². The van der Waals surface area contributed by atoms with Gasteiger partial charge in [0.25, 0.3) is 0 Å². The first kappa shape index (κ1) is 14.5. The van der Waals surface area contributed by atoms with Crippen molar-refractivity contribution in [1.82, 2.24) is 20.0 Å². The van der Waals surface area contributed by atoms with Crippen molar-refractivity contribution in [2.24, 2.45) is 7.05 Å². The van der Waals surface area contributed by atoms with Gasteiger partial charge in [-0.05, 0) is 28.8 Å². The summed E-state index contributed by atoms with van der Waals surface area (Å²) in [6.07, 6.45) is 1.73. The topological polar surface area (TPSA) is 50.2 Å². The van der Waals surface area contributed by atoms with Crippen LogP contribution in [0.25, 0.3) is 0 Å². The zero-order valence-corrected chi connectivity index (χ0v) is 13.3. The molecule has 5 nitrogen and oxygen atoms in total. The number of aryl methyl sites for hydroxylation is 2. The van der Waals surface area contributed by atoms with Gasteiger partial charge in [-0.15, -0.1) is 0 Å². The van der Waals surface area contributed by atoms with Crippen LogP contribution in [0, 0.1) is 0 Å². The van der Waals surface area contributed by atoms with Crippen LogP contribution < -0.4 is 5.32 Å². The highest BCUT2D eigenvalue weighted by atomic mass is 79.9. The molecule has 6 heteroatoms. The molecule has 1 fully saturated rings.